The monoisotopic (exact) mass is 511 g/mol. The maximum Gasteiger partial charge on any atom is 0.125 e. The quantitative estimate of drug-likeness (QED) is 0.0825. The number of nitrogens with two attached hydrogens (primary N) is 2. The van der Waals surface area contributed by atoms with Crippen LogP contribution in [-0.2, 0) is 0 Å². The van der Waals surface area contributed by atoms with E-state index in [1.807, 2.05) is 0 Å². The predicted molar refractivity (Wildman–Crippen MR) is 164 cm³/mol. The summed E-state index contributed by atoms with van der Waals surface area (Å²) in [5.41, 5.74) is 0. The molecule has 2 heteroatoms. The van der Waals surface area contributed by atoms with Crippen LogP contribution in [0.25, 0.3) is 0 Å². The molecule has 0 aliphatic heterocycles. The summed E-state index contributed by atoms with van der Waals surface area (Å²) in [5, 5.41) is 5.12. The highest BCUT2D eigenvalue weighted by atomic mass is 14.9. The zero-order chi connectivity index (χ0) is 26.0. The van der Waals surface area contributed by atoms with Gasteiger partial charge in [0.05, 0.1) is 13.1 Å². The molecule has 36 heavy (non-hydrogen) atoms. The largest absolute Gasteiger partial charge is 0.342 e. The van der Waals surface area contributed by atoms with Crippen LogP contribution >= 0.6 is 0 Å². The fraction of sp³-hybridized carbons (Fsp3) is 1.00. The van der Waals surface area contributed by atoms with Crippen molar-refractivity contribution in [1.82, 2.24) is 0 Å². The molecule has 0 spiro atoms. The molecule has 0 unspecified atom stereocenters. The highest BCUT2D eigenvalue weighted by Gasteiger charge is 1.98. The third-order valence-corrected chi connectivity index (χ3v) is 8.10. The van der Waals surface area contributed by atoms with Crippen molar-refractivity contribution in [3.05, 3.63) is 0 Å². The number of hydrogen-bond acceptors (Lipinski definition) is 0. The van der Waals surface area contributed by atoms with E-state index in [9.17, 15) is 0 Å². The first kappa shape index (κ1) is 35.9. The van der Waals surface area contributed by atoms with E-state index in [0.29, 0.717) is 0 Å². The van der Waals surface area contributed by atoms with Crippen molar-refractivity contribution in [2.75, 3.05) is 26.2 Å². The minimum absolute atomic E-state index is 1.32. The van der Waals surface area contributed by atoms with Gasteiger partial charge in [0.15, 0.2) is 0 Å². The van der Waals surface area contributed by atoms with E-state index < -0.39 is 0 Å². The summed E-state index contributed by atoms with van der Waals surface area (Å²) in [6.07, 6.45) is 40.9. The molecule has 0 fully saturated rings. The lowest BCUT2D eigenvalue weighted by Gasteiger charge is -2.04. The van der Waals surface area contributed by atoms with Crippen molar-refractivity contribution >= 4 is 0 Å². The van der Waals surface area contributed by atoms with Gasteiger partial charge < -0.3 is 10.6 Å². The van der Waals surface area contributed by atoms with E-state index in [1.165, 1.54) is 206 Å². The van der Waals surface area contributed by atoms with E-state index in [-0.39, 0.29) is 0 Å². The van der Waals surface area contributed by atoms with Gasteiger partial charge in [-0.1, -0.05) is 168 Å². The van der Waals surface area contributed by atoms with Gasteiger partial charge in [0, 0.05) is 0 Å². The van der Waals surface area contributed by atoms with Crippen LogP contribution in [-0.4, -0.2) is 26.2 Å². The summed E-state index contributed by atoms with van der Waals surface area (Å²) in [6.45, 7) is 9.95. The number of unbranched alkanes of at least 4 members (excludes halogenated alkanes) is 26. The second-order valence-electron chi connectivity index (χ2n) is 11.9. The predicted octanol–water partition coefficient (Wildman–Crippen LogP) is 9.08. The average molecular weight is 511 g/mol. The Bertz CT molecular complexity index is 323. The number of quaternary nitrogens is 2. The van der Waals surface area contributed by atoms with Gasteiger partial charge in [0.2, 0.25) is 0 Å². The summed E-state index contributed by atoms with van der Waals surface area (Å²) in [6, 6.07) is 0. The molecule has 218 valence electrons. The van der Waals surface area contributed by atoms with Crippen LogP contribution in [0.1, 0.15) is 194 Å². The molecule has 0 radical (unpaired) electrons. The Morgan fingerprint density at radius 2 is 0.417 bits per heavy atom. The molecule has 0 aliphatic rings. The lowest BCUT2D eigenvalue weighted by molar-refractivity contribution is -0.723. The number of rotatable bonds is 33. The molecule has 0 aromatic heterocycles. The van der Waals surface area contributed by atoms with Gasteiger partial charge in [-0.2, -0.15) is 0 Å². The van der Waals surface area contributed by atoms with E-state index in [1.54, 1.807) is 0 Å². The first-order valence-electron chi connectivity index (χ1n) is 17.5. The highest BCUT2D eigenvalue weighted by Crippen LogP contribution is 2.14. The van der Waals surface area contributed by atoms with Gasteiger partial charge in [-0.15, -0.1) is 0 Å². The summed E-state index contributed by atoms with van der Waals surface area (Å²) in [4.78, 5) is 0. The Hall–Kier alpha value is -0.0800. The van der Waals surface area contributed by atoms with Crippen molar-refractivity contribution in [3.8, 4) is 0 Å². The van der Waals surface area contributed by atoms with Crippen molar-refractivity contribution in [1.29, 1.82) is 0 Å². The van der Waals surface area contributed by atoms with E-state index in [2.05, 4.69) is 24.5 Å². The Morgan fingerprint density at radius 3 is 0.639 bits per heavy atom. The average Bonchev–Trinajstić information content (AvgIpc) is 2.89. The Labute approximate surface area is 230 Å². The second-order valence-corrected chi connectivity index (χ2v) is 11.9. The van der Waals surface area contributed by atoms with Gasteiger partial charge in [-0.3, -0.25) is 0 Å². The second kappa shape index (κ2) is 34.9. The first-order valence-corrected chi connectivity index (χ1v) is 17.5. The third-order valence-electron chi connectivity index (χ3n) is 8.10. The highest BCUT2D eigenvalue weighted by molar-refractivity contribution is 4.50. The SMILES string of the molecule is CCCCCCCCCCCCCCCC[NH2+]CC[NH2+]CCCCCCCCCCCCCCCC. The molecule has 0 heterocycles. The van der Waals surface area contributed by atoms with Crippen molar-refractivity contribution in [2.45, 2.75) is 194 Å². The third kappa shape index (κ3) is 33.9. The van der Waals surface area contributed by atoms with Gasteiger partial charge in [-0.05, 0) is 25.7 Å². The first-order chi connectivity index (χ1) is 17.9. The molecular weight excluding hydrogens is 436 g/mol. The molecule has 0 bridgehead atoms. The molecule has 0 saturated carbocycles. The summed E-state index contributed by atoms with van der Waals surface area (Å²) >= 11 is 0. The minimum Gasteiger partial charge on any atom is -0.342 e. The van der Waals surface area contributed by atoms with Crippen LogP contribution in [0.2, 0.25) is 0 Å². The topological polar surface area (TPSA) is 33.2 Å². The fourth-order valence-corrected chi connectivity index (χ4v) is 5.49. The molecule has 0 rings (SSSR count). The van der Waals surface area contributed by atoms with E-state index in [0.717, 1.165) is 0 Å². The van der Waals surface area contributed by atoms with Crippen LogP contribution in [0.15, 0.2) is 0 Å². The van der Waals surface area contributed by atoms with E-state index in [4.69, 9.17) is 0 Å². The van der Waals surface area contributed by atoms with Crippen molar-refractivity contribution in [3.63, 3.8) is 0 Å². The summed E-state index contributed by atoms with van der Waals surface area (Å²) in [7, 11) is 0. The molecule has 0 atom stereocenters. The molecule has 0 aromatic rings. The number of hydrogen-bond donors (Lipinski definition) is 2. The molecular formula is C34H74N2+2. The van der Waals surface area contributed by atoms with Crippen LogP contribution in [0.4, 0.5) is 0 Å². The van der Waals surface area contributed by atoms with E-state index >= 15 is 0 Å². The summed E-state index contributed by atoms with van der Waals surface area (Å²) < 4.78 is 0. The lowest BCUT2D eigenvalue weighted by atomic mass is 10.0. The molecule has 0 saturated heterocycles. The maximum atomic E-state index is 2.56. The van der Waals surface area contributed by atoms with Gasteiger partial charge >= 0.3 is 0 Å². The molecule has 0 aliphatic carbocycles. The fourth-order valence-electron chi connectivity index (χ4n) is 5.49. The van der Waals surface area contributed by atoms with Crippen LogP contribution in [0, 0.1) is 0 Å². The summed E-state index contributed by atoms with van der Waals surface area (Å²) in [5.74, 6) is 0. The Kier molecular flexibility index (Phi) is 34.8. The lowest BCUT2D eigenvalue weighted by Crippen LogP contribution is -2.94. The smallest absolute Gasteiger partial charge is 0.125 e. The van der Waals surface area contributed by atoms with Gasteiger partial charge in [-0.25, -0.2) is 0 Å². The Balaban J connectivity index is 3.00. The molecule has 0 amide bonds. The normalized spacial score (nSPS) is 11.5. The zero-order valence-electron chi connectivity index (χ0n) is 25.8. The standard InChI is InChI=1S/C34H72N2/c1-3-5-7-9-11-13-15-17-19-21-23-25-27-29-31-35-33-34-36-32-30-28-26-24-22-20-18-16-14-12-10-8-6-4-2/h35-36H,3-34H2,1-2H3/p+2. The van der Waals surface area contributed by atoms with Crippen LogP contribution < -0.4 is 10.6 Å². The van der Waals surface area contributed by atoms with Gasteiger partial charge in [0.1, 0.15) is 13.1 Å². The maximum absolute atomic E-state index is 2.56. The minimum atomic E-state index is 1.32. The molecule has 4 N–H and O–H groups in total. The zero-order valence-corrected chi connectivity index (χ0v) is 25.8. The van der Waals surface area contributed by atoms with Crippen LogP contribution in [0.3, 0.4) is 0 Å². The van der Waals surface area contributed by atoms with Crippen LogP contribution in [0.5, 0.6) is 0 Å². The van der Waals surface area contributed by atoms with Crippen molar-refractivity contribution in [2.24, 2.45) is 0 Å². The molecule has 2 nitrogen and oxygen atoms in total. The molecule has 0 aromatic carbocycles. The Morgan fingerprint density at radius 1 is 0.222 bits per heavy atom. The van der Waals surface area contributed by atoms with Gasteiger partial charge in [0.25, 0.3) is 0 Å². The van der Waals surface area contributed by atoms with Crippen molar-refractivity contribution < 1.29 is 10.6 Å².